The second-order valence-corrected chi connectivity index (χ2v) is 14.2. The number of nitrogens with zero attached hydrogens (tertiary/aromatic N) is 3. The van der Waals surface area contributed by atoms with Crippen LogP contribution in [0.4, 0.5) is 17.3 Å². The van der Waals surface area contributed by atoms with Gasteiger partial charge in [-0.05, 0) is 145 Å². The first-order chi connectivity index (χ1) is 23.5. The maximum absolute atomic E-state index is 14.8. The molecule has 2 aliphatic rings. The molecule has 2 aliphatic heterocycles. The lowest BCUT2D eigenvalue weighted by atomic mass is 9.87. The minimum atomic E-state index is -2.72. The van der Waals surface area contributed by atoms with E-state index >= 15 is 0 Å². The highest BCUT2D eigenvalue weighted by atomic mass is 19.2. The van der Waals surface area contributed by atoms with E-state index in [1.54, 1.807) is 19.9 Å². The van der Waals surface area contributed by atoms with Crippen LogP contribution < -0.4 is 0 Å². The van der Waals surface area contributed by atoms with Crippen LogP contribution in [0.1, 0.15) is 103 Å². The number of aromatic nitrogens is 2. The number of hydrogen-bond donors (Lipinski definition) is 1. The summed E-state index contributed by atoms with van der Waals surface area (Å²) < 4.78 is 61.4. The van der Waals surface area contributed by atoms with Gasteiger partial charge in [-0.2, -0.15) is 0 Å². The quantitative estimate of drug-likeness (QED) is 0.145. The molecule has 7 rings (SSSR count). The monoisotopic (exact) mass is 675 g/mol. The molecular weight excluding hydrogens is 634 g/mol. The molecule has 3 aromatic carbocycles. The fourth-order valence-corrected chi connectivity index (χ4v) is 8.57. The van der Waals surface area contributed by atoms with Crippen LogP contribution in [-0.4, -0.2) is 40.2 Å². The SMILES string of the molecule is CC1=N/C(=C\c2c3c(C)c(C)c(C)c(C)c3c(C)n2[B-](F)F)c2cc3c(C)[nH]c(/C=C4/c5c(C)c(C)c(C)c(C)c5C(C)=[N+]4[B-](F)F)c3cc21. The van der Waals surface area contributed by atoms with Crippen LogP contribution in [0.25, 0.3) is 45.1 Å². The largest absolute Gasteiger partial charge is 0.609 e. The van der Waals surface area contributed by atoms with E-state index in [1.807, 2.05) is 75.3 Å². The summed E-state index contributed by atoms with van der Waals surface area (Å²) in [6, 6.07) is 4.10. The van der Waals surface area contributed by atoms with Crippen molar-refractivity contribution >= 4 is 71.3 Å². The summed E-state index contributed by atoms with van der Waals surface area (Å²) in [6.07, 6.45) is 3.65. The Morgan fingerprint density at radius 1 is 0.660 bits per heavy atom. The molecule has 5 aromatic rings. The van der Waals surface area contributed by atoms with E-state index in [9.17, 15) is 17.3 Å². The van der Waals surface area contributed by atoms with E-state index in [0.29, 0.717) is 28.5 Å². The van der Waals surface area contributed by atoms with Gasteiger partial charge in [0.2, 0.25) is 0 Å². The molecule has 0 atom stereocenters. The van der Waals surface area contributed by atoms with Crippen molar-refractivity contribution in [2.45, 2.75) is 83.1 Å². The maximum Gasteiger partial charge on any atom is 0.609 e. The van der Waals surface area contributed by atoms with Gasteiger partial charge in [-0.3, -0.25) is 4.99 Å². The van der Waals surface area contributed by atoms with Gasteiger partial charge in [0, 0.05) is 62.8 Å². The number of halogens is 4. The Bertz CT molecular complexity index is 2510. The lowest BCUT2D eigenvalue weighted by Crippen LogP contribution is -2.22. The van der Waals surface area contributed by atoms with Crippen molar-refractivity contribution in [2.24, 2.45) is 4.99 Å². The van der Waals surface area contributed by atoms with Crippen LogP contribution in [-0.2, 0) is 0 Å². The molecule has 0 unspecified atom stereocenters. The van der Waals surface area contributed by atoms with Gasteiger partial charge >= 0.3 is 14.8 Å². The van der Waals surface area contributed by atoms with Crippen LogP contribution in [0.15, 0.2) is 17.1 Å². The zero-order valence-corrected chi connectivity index (χ0v) is 30.8. The summed E-state index contributed by atoms with van der Waals surface area (Å²) in [7, 11) is -5.44. The average Bonchev–Trinajstić information content (AvgIpc) is 3.73. The fourth-order valence-electron chi connectivity index (χ4n) is 8.57. The van der Waals surface area contributed by atoms with Crippen LogP contribution in [0.3, 0.4) is 0 Å². The van der Waals surface area contributed by atoms with Crippen LogP contribution in [0.5, 0.6) is 0 Å². The molecule has 1 N–H and O–H groups in total. The van der Waals surface area contributed by atoms with Crippen molar-refractivity contribution < 1.29 is 21.7 Å². The van der Waals surface area contributed by atoms with Crippen molar-refractivity contribution in [1.29, 1.82) is 0 Å². The summed E-state index contributed by atoms with van der Waals surface area (Å²) in [5.74, 6) is 0. The normalized spacial score (nSPS) is 16.1. The number of aromatic amines is 1. The number of hydrogen-bond acceptors (Lipinski definition) is 1. The summed E-state index contributed by atoms with van der Waals surface area (Å²) in [4.78, 5) is 8.41. The predicted molar refractivity (Wildman–Crippen MR) is 203 cm³/mol. The Morgan fingerprint density at radius 3 is 1.82 bits per heavy atom. The molecule has 4 nitrogen and oxygen atoms in total. The standard InChI is InChI=1S/C40H41B2F4N4/c1-17-19(3)23(7)39-35(49(41(43)44)27(11)37(39)21(17)5)15-33-31-13-30-26(10)48-34(32(30)14-29(31)25(9)47-33)16-36-40-24(8)20(4)18(2)22(6)38(40)28(12)50(36)42(45)46/h13-16,47H,1-12H3/q-1/b34-16-,35-15-. The molecule has 4 heterocycles. The minimum Gasteiger partial charge on any atom is -0.488 e. The third-order valence-electron chi connectivity index (χ3n) is 11.9. The molecule has 2 radical (unpaired) electrons. The van der Waals surface area contributed by atoms with Crippen molar-refractivity contribution in [3.8, 4) is 0 Å². The summed E-state index contributed by atoms with van der Waals surface area (Å²) in [5.41, 5.74) is 16.9. The first-order valence-corrected chi connectivity index (χ1v) is 17.0. The highest BCUT2D eigenvalue weighted by Gasteiger charge is 2.37. The second kappa shape index (κ2) is 11.5. The van der Waals surface area contributed by atoms with Gasteiger partial charge in [-0.25, -0.2) is 0 Å². The molecule has 256 valence electrons. The first kappa shape index (κ1) is 33.9. The molecule has 0 aliphatic carbocycles. The van der Waals surface area contributed by atoms with Gasteiger partial charge in [-0.1, -0.05) is 0 Å². The summed E-state index contributed by atoms with van der Waals surface area (Å²) in [6.45, 7) is 23.6. The van der Waals surface area contributed by atoms with E-state index in [0.717, 1.165) is 114 Å². The first-order valence-electron chi connectivity index (χ1n) is 17.0. The number of benzene rings is 3. The Hall–Kier alpha value is -4.59. The molecule has 0 saturated heterocycles. The molecule has 50 heavy (non-hydrogen) atoms. The highest BCUT2D eigenvalue weighted by Crippen LogP contribution is 2.43. The Labute approximate surface area is 291 Å². The van der Waals surface area contributed by atoms with Crippen LogP contribution in [0, 0.1) is 69.2 Å². The summed E-state index contributed by atoms with van der Waals surface area (Å²) >= 11 is 0. The van der Waals surface area contributed by atoms with E-state index in [-0.39, 0.29) is 0 Å². The third kappa shape index (κ3) is 4.52. The van der Waals surface area contributed by atoms with Gasteiger partial charge < -0.3 is 31.2 Å². The number of H-pyrrole nitrogens is 1. The molecule has 0 saturated carbocycles. The van der Waals surface area contributed by atoms with E-state index < -0.39 is 14.8 Å². The van der Waals surface area contributed by atoms with Gasteiger partial charge in [-0.15, -0.1) is 0 Å². The predicted octanol–water partition coefficient (Wildman–Crippen LogP) is 10.6. The van der Waals surface area contributed by atoms with E-state index in [4.69, 9.17) is 4.99 Å². The maximum atomic E-state index is 14.8. The molecule has 0 fully saturated rings. The Kier molecular flexibility index (Phi) is 7.77. The third-order valence-corrected chi connectivity index (χ3v) is 11.9. The van der Waals surface area contributed by atoms with Gasteiger partial charge in [0.1, 0.15) is 5.71 Å². The summed E-state index contributed by atoms with van der Waals surface area (Å²) in [5, 5.41) is 3.50. The molecule has 10 heteroatoms. The Morgan fingerprint density at radius 2 is 1.22 bits per heavy atom. The van der Waals surface area contributed by atoms with Crippen molar-refractivity contribution in [1.82, 2.24) is 9.46 Å². The fraction of sp³-hybridized carbons (Fsp3) is 0.300. The van der Waals surface area contributed by atoms with Crippen LogP contribution >= 0.6 is 0 Å². The smallest absolute Gasteiger partial charge is 0.488 e. The average molecular weight is 675 g/mol. The molecule has 2 aromatic heterocycles. The lowest BCUT2D eigenvalue weighted by Gasteiger charge is -2.18. The zero-order chi connectivity index (χ0) is 36.4. The number of fused-ring (bicyclic) bond motifs is 4. The van der Waals surface area contributed by atoms with Gasteiger partial charge in [0.05, 0.1) is 22.5 Å². The second-order valence-electron chi connectivity index (χ2n) is 14.2. The molecular formula is C40H41B2F4N4-. The topological polar surface area (TPSA) is 36.1 Å². The number of aliphatic imine (C=N–C) groups is 1. The number of aryl methyl sites for hydroxylation is 4. The van der Waals surface area contributed by atoms with Crippen molar-refractivity contribution in [3.05, 3.63) is 102 Å². The van der Waals surface area contributed by atoms with Gasteiger partial charge in [0.25, 0.3) is 0 Å². The van der Waals surface area contributed by atoms with Gasteiger partial charge in [0.15, 0.2) is 5.70 Å². The zero-order valence-electron chi connectivity index (χ0n) is 30.8. The molecule has 0 bridgehead atoms. The van der Waals surface area contributed by atoms with Crippen LogP contribution in [0.2, 0.25) is 0 Å². The minimum absolute atomic E-state index is 0.446. The number of rotatable bonds is 4. The molecule has 0 spiro atoms. The van der Waals surface area contributed by atoms with Crippen molar-refractivity contribution in [2.75, 3.05) is 0 Å². The Balaban J connectivity index is 1.45. The lowest BCUT2D eigenvalue weighted by molar-refractivity contribution is -0.296. The highest BCUT2D eigenvalue weighted by molar-refractivity contribution is 6.42. The molecule has 0 amide bonds. The van der Waals surface area contributed by atoms with E-state index in [2.05, 4.69) is 17.1 Å². The van der Waals surface area contributed by atoms with E-state index in [1.165, 1.54) is 0 Å². The van der Waals surface area contributed by atoms with Crippen molar-refractivity contribution in [3.63, 3.8) is 0 Å². The number of nitrogens with one attached hydrogen (secondary N) is 1.